The molecule has 0 atom stereocenters. The second kappa shape index (κ2) is 7.72. The summed E-state index contributed by atoms with van der Waals surface area (Å²) in [6.45, 7) is 4.96. The van der Waals surface area contributed by atoms with Crippen molar-refractivity contribution in [3.8, 4) is 0 Å². The molecule has 0 saturated carbocycles. The first-order chi connectivity index (χ1) is 11.9. The molecule has 1 aromatic heterocycles. The summed E-state index contributed by atoms with van der Waals surface area (Å²) in [4.78, 5) is 16.3. The van der Waals surface area contributed by atoms with Crippen LogP contribution in [0.15, 0.2) is 24.4 Å². The summed E-state index contributed by atoms with van der Waals surface area (Å²) in [6, 6.07) is 4.70. The van der Waals surface area contributed by atoms with Gasteiger partial charge in [0.05, 0.1) is 10.7 Å². The summed E-state index contributed by atoms with van der Waals surface area (Å²) >= 11 is 12.0. The predicted octanol–water partition coefficient (Wildman–Crippen LogP) is 2.98. The third-order valence-electron chi connectivity index (χ3n) is 4.35. The zero-order valence-electron chi connectivity index (χ0n) is 13.9. The zero-order chi connectivity index (χ0) is 18.0. The number of aryl methyl sites for hydroxylation is 1. The second-order valence-corrected chi connectivity index (χ2v) is 6.93. The molecule has 3 rings (SSSR count). The number of halogens is 3. The standard InChI is InChI=1S/C17H19Cl2FN4O/c1-12-15(19)10-24(21-12)11-17(25)23-7-5-22(6-8-23)9-13-14(18)3-2-4-16(13)20/h2-4,10H,5-9,11H2,1H3. The normalized spacial score (nSPS) is 15.6. The van der Waals surface area contributed by atoms with Gasteiger partial charge in [-0.15, -0.1) is 0 Å². The Bertz CT molecular complexity index is 732. The van der Waals surface area contributed by atoms with E-state index in [4.69, 9.17) is 23.2 Å². The molecular weight excluding hydrogens is 366 g/mol. The van der Waals surface area contributed by atoms with Gasteiger partial charge in [-0.1, -0.05) is 29.3 Å². The van der Waals surface area contributed by atoms with Crippen LogP contribution in [0.2, 0.25) is 10.0 Å². The number of carbonyl (C=O) groups is 1. The van der Waals surface area contributed by atoms with Crippen molar-refractivity contribution in [2.24, 2.45) is 0 Å². The van der Waals surface area contributed by atoms with E-state index < -0.39 is 0 Å². The Morgan fingerprint density at radius 2 is 1.92 bits per heavy atom. The van der Waals surface area contributed by atoms with E-state index >= 15 is 0 Å². The Hall–Kier alpha value is -1.63. The van der Waals surface area contributed by atoms with Crippen LogP contribution < -0.4 is 0 Å². The van der Waals surface area contributed by atoms with Gasteiger partial charge in [0, 0.05) is 49.5 Å². The van der Waals surface area contributed by atoms with Gasteiger partial charge in [0.2, 0.25) is 5.91 Å². The first-order valence-electron chi connectivity index (χ1n) is 8.06. The molecule has 134 valence electrons. The molecular formula is C17H19Cl2FN4O. The molecule has 5 nitrogen and oxygen atoms in total. The third kappa shape index (κ3) is 4.32. The molecule has 25 heavy (non-hydrogen) atoms. The minimum atomic E-state index is -0.295. The minimum Gasteiger partial charge on any atom is -0.339 e. The highest BCUT2D eigenvalue weighted by atomic mass is 35.5. The number of aromatic nitrogens is 2. The van der Waals surface area contributed by atoms with Gasteiger partial charge < -0.3 is 4.90 Å². The van der Waals surface area contributed by atoms with Crippen LogP contribution in [-0.2, 0) is 17.9 Å². The Morgan fingerprint density at radius 1 is 1.20 bits per heavy atom. The van der Waals surface area contributed by atoms with Gasteiger partial charge in [-0.25, -0.2) is 4.39 Å². The lowest BCUT2D eigenvalue weighted by molar-refractivity contribution is -0.133. The maximum absolute atomic E-state index is 13.9. The molecule has 0 spiro atoms. The van der Waals surface area contributed by atoms with Crippen molar-refractivity contribution in [3.05, 3.63) is 51.5 Å². The van der Waals surface area contributed by atoms with Crippen LogP contribution in [0.4, 0.5) is 4.39 Å². The summed E-state index contributed by atoms with van der Waals surface area (Å²) in [5.74, 6) is -0.292. The number of carbonyl (C=O) groups excluding carboxylic acids is 1. The molecule has 0 aliphatic carbocycles. The Kier molecular flexibility index (Phi) is 5.61. The van der Waals surface area contributed by atoms with Crippen LogP contribution in [-0.4, -0.2) is 51.7 Å². The summed E-state index contributed by atoms with van der Waals surface area (Å²) in [7, 11) is 0. The van der Waals surface area contributed by atoms with Gasteiger partial charge in [0.1, 0.15) is 12.4 Å². The Labute approximate surface area is 155 Å². The lowest BCUT2D eigenvalue weighted by Gasteiger charge is -2.35. The highest BCUT2D eigenvalue weighted by Crippen LogP contribution is 2.21. The molecule has 1 amide bonds. The summed E-state index contributed by atoms with van der Waals surface area (Å²) in [6.07, 6.45) is 1.66. The van der Waals surface area contributed by atoms with E-state index in [1.165, 1.54) is 6.07 Å². The predicted molar refractivity (Wildman–Crippen MR) is 95.2 cm³/mol. The van der Waals surface area contributed by atoms with Crippen LogP contribution in [0, 0.1) is 12.7 Å². The summed E-state index contributed by atoms with van der Waals surface area (Å²) < 4.78 is 15.5. The van der Waals surface area contributed by atoms with Gasteiger partial charge in [0.25, 0.3) is 0 Å². The smallest absolute Gasteiger partial charge is 0.244 e. The average molecular weight is 385 g/mol. The first-order valence-corrected chi connectivity index (χ1v) is 8.82. The Balaban J connectivity index is 1.54. The van der Waals surface area contributed by atoms with Crippen LogP contribution in [0.1, 0.15) is 11.3 Å². The van der Waals surface area contributed by atoms with Gasteiger partial charge >= 0.3 is 0 Å². The molecule has 1 fully saturated rings. The van der Waals surface area contributed by atoms with Crippen LogP contribution in [0.5, 0.6) is 0 Å². The Morgan fingerprint density at radius 3 is 2.52 bits per heavy atom. The first kappa shape index (κ1) is 18.2. The van der Waals surface area contributed by atoms with E-state index in [2.05, 4.69) is 10.00 Å². The summed E-state index contributed by atoms with van der Waals surface area (Å²) in [5.41, 5.74) is 1.21. The van der Waals surface area contributed by atoms with E-state index in [0.717, 1.165) is 0 Å². The number of amides is 1. The lowest BCUT2D eigenvalue weighted by atomic mass is 10.2. The van der Waals surface area contributed by atoms with Gasteiger partial charge in [-0.2, -0.15) is 5.10 Å². The average Bonchev–Trinajstić information content (AvgIpc) is 2.89. The molecule has 1 aliphatic heterocycles. The number of nitrogens with zero attached hydrogens (tertiary/aromatic N) is 4. The highest BCUT2D eigenvalue weighted by molar-refractivity contribution is 6.31. The molecule has 0 bridgehead atoms. The fourth-order valence-electron chi connectivity index (χ4n) is 2.88. The molecule has 1 aliphatic rings. The minimum absolute atomic E-state index is 0.00254. The van der Waals surface area contributed by atoms with Crippen molar-refractivity contribution < 1.29 is 9.18 Å². The number of benzene rings is 1. The molecule has 2 aromatic rings. The maximum atomic E-state index is 13.9. The monoisotopic (exact) mass is 384 g/mol. The quantitative estimate of drug-likeness (QED) is 0.813. The van der Waals surface area contributed by atoms with Crippen molar-refractivity contribution in [3.63, 3.8) is 0 Å². The third-order valence-corrected chi connectivity index (χ3v) is 5.08. The number of rotatable bonds is 4. The molecule has 2 heterocycles. The van der Waals surface area contributed by atoms with Gasteiger partial charge in [0.15, 0.2) is 0 Å². The van der Waals surface area contributed by atoms with Crippen LogP contribution in [0.3, 0.4) is 0 Å². The van der Waals surface area contributed by atoms with E-state index in [-0.39, 0.29) is 18.3 Å². The van der Waals surface area contributed by atoms with Gasteiger partial charge in [-0.3, -0.25) is 14.4 Å². The van der Waals surface area contributed by atoms with Crippen LogP contribution >= 0.6 is 23.2 Å². The SMILES string of the molecule is Cc1nn(CC(=O)N2CCN(Cc3c(F)cccc3Cl)CC2)cc1Cl. The van der Waals surface area contributed by atoms with Crippen molar-refractivity contribution in [2.45, 2.75) is 20.0 Å². The summed E-state index contributed by atoms with van der Waals surface area (Å²) in [5, 5.41) is 5.20. The molecule has 1 aromatic carbocycles. The topological polar surface area (TPSA) is 41.4 Å². The fourth-order valence-corrected chi connectivity index (χ4v) is 3.25. The second-order valence-electron chi connectivity index (χ2n) is 6.12. The molecule has 1 saturated heterocycles. The maximum Gasteiger partial charge on any atom is 0.244 e. The number of hydrogen-bond acceptors (Lipinski definition) is 3. The van der Waals surface area contributed by atoms with E-state index in [1.807, 2.05) is 0 Å². The van der Waals surface area contributed by atoms with E-state index in [1.54, 1.807) is 34.8 Å². The van der Waals surface area contributed by atoms with E-state index in [0.29, 0.717) is 54.0 Å². The van der Waals surface area contributed by atoms with Crippen LogP contribution in [0.25, 0.3) is 0 Å². The highest BCUT2D eigenvalue weighted by Gasteiger charge is 2.23. The number of hydrogen-bond donors (Lipinski definition) is 0. The fraction of sp³-hybridized carbons (Fsp3) is 0.412. The van der Waals surface area contributed by atoms with Crippen molar-refractivity contribution >= 4 is 29.1 Å². The molecule has 0 radical (unpaired) electrons. The van der Waals surface area contributed by atoms with Crippen molar-refractivity contribution in [1.82, 2.24) is 19.6 Å². The van der Waals surface area contributed by atoms with Crippen molar-refractivity contribution in [1.29, 1.82) is 0 Å². The zero-order valence-corrected chi connectivity index (χ0v) is 15.4. The molecule has 0 unspecified atom stereocenters. The van der Waals surface area contributed by atoms with Crippen molar-refractivity contribution in [2.75, 3.05) is 26.2 Å². The van der Waals surface area contributed by atoms with E-state index in [9.17, 15) is 9.18 Å². The molecule has 8 heteroatoms. The van der Waals surface area contributed by atoms with Gasteiger partial charge in [-0.05, 0) is 19.1 Å². The lowest BCUT2D eigenvalue weighted by Crippen LogP contribution is -2.49. The number of piperazine rings is 1. The molecule has 0 N–H and O–H groups in total. The largest absolute Gasteiger partial charge is 0.339 e.